The van der Waals surface area contributed by atoms with E-state index in [1.807, 2.05) is 65.6 Å². The number of hydrogen-bond donors (Lipinski definition) is 1. The lowest BCUT2D eigenvalue weighted by Crippen LogP contribution is -2.26. The Morgan fingerprint density at radius 3 is 2.18 bits per heavy atom. The van der Waals surface area contributed by atoms with Gasteiger partial charge >= 0.3 is 0 Å². The van der Waals surface area contributed by atoms with E-state index in [1.165, 1.54) is 12.1 Å². The fourth-order valence-corrected chi connectivity index (χ4v) is 5.57. The number of rotatable bonds is 9. The molecule has 0 bridgehead atoms. The largest absolute Gasteiger partial charge is 0.343 e. The van der Waals surface area contributed by atoms with Gasteiger partial charge in [-0.05, 0) is 66.3 Å². The Kier molecular flexibility index (Phi) is 7.92. The van der Waals surface area contributed by atoms with Crippen molar-refractivity contribution in [2.75, 3.05) is 18.4 Å². The molecule has 1 aliphatic rings. The van der Waals surface area contributed by atoms with E-state index in [0.717, 1.165) is 53.2 Å². The fraction of sp³-hybridized carbons (Fsp3) is 0.273. The van der Waals surface area contributed by atoms with E-state index in [9.17, 15) is 14.0 Å². The predicted molar refractivity (Wildman–Crippen MR) is 154 cm³/mol. The number of amides is 2. The van der Waals surface area contributed by atoms with Gasteiger partial charge in [-0.2, -0.15) is 0 Å². The Morgan fingerprint density at radius 1 is 0.897 bits per heavy atom. The second-order valence-electron chi connectivity index (χ2n) is 10.3. The van der Waals surface area contributed by atoms with Crippen LogP contribution in [0.15, 0.2) is 84.9 Å². The number of carbonyl (C=O) groups excluding carboxylic acids is 2. The summed E-state index contributed by atoms with van der Waals surface area (Å²) in [6.45, 7) is 6.29. The van der Waals surface area contributed by atoms with E-state index in [-0.39, 0.29) is 23.5 Å². The van der Waals surface area contributed by atoms with E-state index in [4.69, 9.17) is 0 Å². The lowest BCUT2D eigenvalue weighted by molar-refractivity contribution is -0.127. The molecule has 39 heavy (non-hydrogen) atoms. The average Bonchev–Trinajstić information content (AvgIpc) is 3.51. The zero-order valence-corrected chi connectivity index (χ0v) is 22.5. The average molecular weight is 524 g/mol. The van der Waals surface area contributed by atoms with Gasteiger partial charge in [-0.1, -0.05) is 62.4 Å². The summed E-state index contributed by atoms with van der Waals surface area (Å²) in [6.07, 6.45) is 2.27. The topological polar surface area (TPSA) is 54.3 Å². The maximum absolute atomic E-state index is 14.1. The van der Waals surface area contributed by atoms with Crippen molar-refractivity contribution >= 4 is 17.5 Å². The highest BCUT2D eigenvalue weighted by molar-refractivity contribution is 6.12. The number of likely N-dealkylation sites (tertiary alicyclic amines) is 1. The van der Waals surface area contributed by atoms with Crippen molar-refractivity contribution in [3.63, 3.8) is 0 Å². The van der Waals surface area contributed by atoms with Gasteiger partial charge in [0.2, 0.25) is 5.91 Å². The molecule has 2 amide bonds. The minimum Gasteiger partial charge on any atom is -0.343 e. The molecule has 4 aromatic rings. The van der Waals surface area contributed by atoms with Crippen LogP contribution in [-0.4, -0.2) is 34.4 Å². The van der Waals surface area contributed by atoms with Crippen LogP contribution in [0.3, 0.4) is 0 Å². The standard InChI is InChI=1S/C33H34FN3O2/c1-23(2)31-30(33(39)35-27-13-7-4-8-14-27)29(24-11-5-3-6-12-24)32(25-16-18-26(34)19-17-25)37(31)22-10-21-36-20-9-15-28(36)38/h3-8,11-14,16-19,23H,9-10,15,20-22H2,1-2H3,(H,35,39). The van der Waals surface area contributed by atoms with E-state index in [2.05, 4.69) is 23.7 Å². The predicted octanol–water partition coefficient (Wildman–Crippen LogP) is 7.35. The minimum absolute atomic E-state index is 0.0339. The molecule has 1 aromatic heterocycles. The first-order chi connectivity index (χ1) is 18.9. The molecular formula is C33H34FN3O2. The third kappa shape index (κ3) is 5.65. The first-order valence-corrected chi connectivity index (χ1v) is 13.7. The minimum atomic E-state index is -0.309. The smallest absolute Gasteiger partial charge is 0.258 e. The Morgan fingerprint density at radius 2 is 1.56 bits per heavy atom. The van der Waals surface area contributed by atoms with Crippen molar-refractivity contribution < 1.29 is 14.0 Å². The van der Waals surface area contributed by atoms with Crippen LogP contribution in [0.2, 0.25) is 0 Å². The van der Waals surface area contributed by atoms with Crippen LogP contribution in [0.25, 0.3) is 22.4 Å². The number of hydrogen-bond acceptors (Lipinski definition) is 2. The summed E-state index contributed by atoms with van der Waals surface area (Å²) in [4.78, 5) is 28.2. The van der Waals surface area contributed by atoms with Gasteiger partial charge in [0.05, 0.1) is 11.3 Å². The van der Waals surface area contributed by atoms with Gasteiger partial charge in [0.15, 0.2) is 0 Å². The zero-order valence-electron chi connectivity index (χ0n) is 22.5. The molecule has 0 atom stereocenters. The third-order valence-corrected chi connectivity index (χ3v) is 7.27. The van der Waals surface area contributed by atoms with Crippen molar-refractivity contribution in [3.05, 3.63) is 102 Å². The number of nitrogens with one attached hydrogen (secondary N) is 1. The summed E-state index contributed by atoms with van der Waals surface area (Å²) in [7, 11) is 0. The second kappa shape index (κ2) is 11.7. The van der Waals surface area contributed by atoms with Crippen molar-refractivity contribution in [2.24, 2.45) is 0 Å². The van der Waals surface area contributed by atoms with Gasteiger partial charge in [0.1, 0.15) is 5.82 Å². The Hall–Kier alpha value is -4.19. The number of benzene rings is 3. The summed E-state index contributed by atoms with van der Waals surface area (Å²) in [5, 5.41) is 3.11. The zero-order chi connectivity index (χ0) is 27.4. The fourth-order valence-electron chi connectivity index (χ4n) is 5.57. The molecule has 6 heteroatoms. The van der Waals surface area contributed by atoms with E-state index < -0.39 is 0 Å². The molecule has 1 aliphatic heterocycles. The van der Waals surface area contributed by atoms with Crippen LogP contribution in [0, 0.1) is 5.82 Å². The lowest BCUT2D eigenvalue weighted by Gasteiger charge is -2.20. The van der Waals surface area contributed by atoms with Gasteiger partial charge in [-0.3, -0.25) is 9.59 Å². The van der Waals surface area contributed by atoms with Crippen LogP contribution in [0.1, 0.15) is 55.1 Å². The maximum atomic E-state index is 14.1. The molecule has 0 unspecified atom stereocenters. The molecule has 200 valence electrons. The van der Waals surface area contributed by atoms with E-state index >= 15 is 0 Å². The number of carbonyl (C=O) groups is 2. The van der Waals surface area contributed by atoms with Crippen LogP contribution in [-0.2, 0) is 11.3 Å². The van der Waals surface area contributed by atoms with Gasteiger partial charge in [-0.15, -0.1) is 0 Å². The highest BCUT2D eigenvalue weighted by Crippen LogP contribution is 2.42. The number of para-hydroxylation sites is 1. The van der Waals surface area contributed by atoms with E-state index in [0.29, 0.717) is 25.1 Å². The summed E-state index contributed by atoms with van der Waals surface area (Å²) in [6, 6.07) is 25.8. The molecule has 5 nitrogen and oxygen atoms in total. The number of aromatic nitrogens is 1. The van der Waals surface area contributed by atoms with Crippen molar-refractivity contribution in [2.45, 2.75) is 45.6 Å². The van der Waals surface area contributed by atoms with E-state index in [1.54, 1.807) is 12.1 Å². The third-order valence-electron chi connectivity index (χ3n) is 7.27. The molecule has 0 saturated carbocycles. The summed E-state index contributed by atoms with van der Waals surface area (Å²) < 4.78 is 16.2. The second-order valence-corrected chi connectivity index (χ2v) is 10.3. The van der Waals surface area contributed by atoms with Crippen molar-refractivity contribution in [3.8, 4) is 22.4 Å². The van der Waals surface area contributed by atoms with Gasteiger partial charge < -0.3 is 14.8 Å². The lowest BCUT2D eigenvalue weighted by atomic mass is 9.94. The summed E-state index contributed by atoms with van der Waals surface area (Å²) >= 11 is 0. The Labute approximate surface area is 229 Å². The molecule has 1 N–H and O–H groups in total. The first kappa shape index (κ1) is 26.4. The van der Waals surface area contributed by atoms with Gasteiger partial charge in [0, 0.05) is 43.0 Å². The summed E-state index contributed by atoms with van der Waals surface area (Å²) in [5.41, 5.74) is 5.75. The highest BCUT2D eigenvalue weighted by atomic mass is 19.1. The molecule has 0 radical (unpaired) electrons. The molecule has 0 spiro atoms. The van der Waals surface area contributed by atoms with Crippen LogP contribution < -0.4 is 5.32 Å². The normalized spacial score (nSPS) is 13.3. The molecular weight excluding hydrogens is 489 g/mol. The molecule has 0 aliphatic carbocycles. The van der Waals surface area contributed by atoms with Crippen molar-refractivity contribution in [1.29, 1.82) is 0 Å². The summed E-state index contributed by atoms with van der Waals surface area (Å²) in [5.74, 6) is -0.248. The van der Waals surface area contributed by atoms with Crippen LogP contribution in [0.4, 0.5) is 10.1 Å². The van der Waals surface area contributed by atoms with Gasteiger partial charge in [-0.25, -0.2) is 4.39 Å². The first-order valence-electron chi connectivity index (χ1n) is 13.7. The highest BCUT2D eigenvalue weighted by Gasteiger charge is 2.30. The van der Waals surface area contributed by atoms with Crippen LogP contribution in [0.5, 0.6) is 0 Å². The molecule has 1 saturated heterocycles. The maximum Gasteiger partial charge on any atom is 0.258 e. The Bertz CT molecular complexity index is 1440. The Balaban J connectivity index is 1.69. The molecule has 5 rings (SSSR count). The SMILES string of the molecule is CC(C)c1c(C(=O)Nc2ccccc2)c(-c2ccccc2)c(-c2ccc(F)cc2)n1CCCN1CCCC1=O. The number of anilines is 1. The monoisotopic (exact) mass is 523 g/mol. The van der Waals surface area contributed by atoms with Crippen LogP contribution >= 0.6 is 0 Å². The van der Waals surface area contributed by atoms with Crippen molar-refractivity contribution in [1.82, 2.24) is 9.47 Å². The number of halogens is 1. The quantitative estimate of drug-likeness (QED) is 0.249. The number of nitrogens with zero attached hydrogens (tertiary/aromatic N) is 2. The molecule has 2 heterocycles. The molecule has 3 aromatic carbocycles. The van der Waals surface area contributed by atoms with Gasteiger partial charge in [0.25, 0.3) is 5.91 Å². The molecule has 1 fully saturated rings.